The molecule has 10 heteroatoms. The second-order valence-corrected chi connectivity index (χ2v) is 6.71. The van der Waals surface area contributed by atoms with Crippen molar-refractivity contribution in [3.05, 3.63) is 76.1 Å². The summed E-state index contributed by atoms with van der Waals surface area (Å²) in [4.78, 5) is 24.2. The lowest BCUT2D eigenvalue weighted by Gasteiger charge is -2.14. The molecule has 1 amide bonds. The number of nitrogens with one attached hydrogen (secondary N) is 1. The number of carbonyl (C=O) groups excluding carboxylic acids is 2. The van der Waals surface area contributed by atoms with Crippen LogP contribution in [0.4, 0.5) is 18.9 Å². The van der Waals surface area contributed by atoms with E-state index in [9.17, 15) is 22.8 Å². The topological polar surface area (TPSA) is 73.2 Å². The molecule has 2 aromatic carbocycles. The highest BCUT2D eigenvalue weighted by Gasteiger charge is 2.40. The highest BCUT2D eigenvalue weighted by molar-refractivity contribution is 6.30. The zero-order chi connectivity index (χ0) is 22.1. The summed E-state index contributed by atoms with van der Waals surface area (Å²) in [5.74, 6) is -1.57. The summed E-state index contributed by atoms with van der Waals surface area (Å²) in [7, 11) is 1.23. The maximum Gasteiger partial charge on any atom is 0.434 e. The molecule has 0 atom stereocenters. The number of hydrogen-bond acceptors (Lipinski definition) is 4. The number of halogens is 4. The Kier molecular flexibility index (Phi) is 5.84. The zero-order valence-electron chi connectivity index (χ0n) is 15.7. The summed E-state index contributed by atoms with van der Waals surface area (Å²) in [5.41, 5.74) is -0.853. The van der Waals surface area contributed by atoms with Gasteiger partial charge in [-0.3, -0.25) is 4.79 Å². The summed E-state index contributed by atoms with van der Waals surface area (Å²) >= 11 is 5.87. The van der Waals surface area contributed by atoms with Crippen LogP contribution in [0, 0.1) is 6.92 Å². The van der Waals surface area contributed by atoms with Crippen LogP contribution >= 0.6 is 11.6 Å². The average molecular weight is 438 g/mol. The number of alkyl halides is 3. The number of aryl methyl sites for hydroxylation is 1. The van der Waals surface area contributed by atoms with Gasteiger partial charge in [-0.15, -0.1) is 0 Å². The third-order valence-electron chi connectivity index (χ3n) is 4.23. The molecule has 0 spiro atoms. The van der Waals surface area contributed by atoms with E-state index in [1.54, 1.807) is 6.92 Å². The molecular weight excluding hydrogens is 423 g/mol. The van der Waals surface area contributed by atoms with Crippen molar-refractivity contribution in [2.45, 2.75) is 13.1 Å². The minimum absolute atomic E-state index is 0.0625. The highest BCUT2D eigenvalue weighted by atomic mass is 35.5. The van der Waals surface area contributed by atoms with Gasteiger partial charge in [0.2, 0.25) is 0 Å². The molecule has 1 N–H and O–H groups in total. The number of hydrogen-bond donors (Lipinski definition) is 1. The standard InChI is InChI=1S/C20H15ClF3N3O3/c1-11-8-12(19(29)30-2)6-7-16(11)26-18(28)15-10-25-27(17(15)20(22,23)24)14-5-3-4-13(21)9-14/h3-10H,1-2H3,(H,26,28). The molecule has 0 aliphatic rings. The number of carbonyl (C=O) groups is 2. The Labute approximate surface area is 174 Å². The maximum atomic E-state index is 13.8. The van der Waals surface area contributed by atoms with Crippen molar-refractivity contribution in [3.8, 4) is 5.69 Å². The molecule has 156 valence electrons. The molecule has 0 saturated heterocycles. The molecule has 0 aliphatic carbocycles. The van der Waals surface area contributed by atoms with Crippen molar-refractivity contribution in [2.24, 2.45) is 0 Å². The Balaban J connectivity index is 1.98. The predicted molar refractivity (Wildman–Crippen MR) is 104 cm³/mol. The third kappa shape index (κ3) is 4.30. The van der Waals surface area contributed by atoms with Crippen molar-refractivity contribution in [3.63, 3.8) is 0 Å². The van der Waals surface area contributed by atoms with Crippen LogP contribution in [0.5, 0.6) is 0 Å². The number of benzene rings is 2. The fourth-order valence-corrected chi connectivity index (χ4v) is 3.01. The lowest BCUT2D eigenvalue weighted by atomic mass is 10.1. The van der Waals surface area contributed by atoms with Crippen LogP contribution in [0.1, 0.15) is 32.0 Å². The molecule has 0 aliphatic heterocycles. The number of aromatic nitrogens is 2. The van der Waals surface area contributed by atoms with Gasteiger partial charge >= 0.3 is 12.1 Å². The van der Waals surface area contributed by atoms with Crippen LogP contribution in [-0.4, -0.2) is 28.8 Å². The SMILES string of the molecule is COC(=O)c1ccc(NC(=O)c2cnn(-c3cccc(Cl)c3)c2C(F)(F)F)c(C)c1. The lowest BCUT2D eigenvalue weighted by molar-refractivity contribution is -0.143. The van der Waals surface area contributed by atoms with Gasteiger partial charge < -0.3 is 10.1 Å². The largest absolute Gasteiger partial charge is 0.465 e. The number of amides is 1. The minimum atomic E-state index is -4.85. The summed E-state index contributed by atoms with van der Waals surface area (Å²) in [5, 5.41) is 6.40. The van der Waals surface area contributed by atoms with Gasteiger partial charge in [-0.1, -0.05) is 17.7 Å². The van der Waals surface area contributed by atoms with Crippen LogP contribution in [0.3, 0.4) is 0 Å². The van der Waals surface area contributed by atoms with Crippen LogP contribution in [0.25, 0.3) is 5.69 Å². The van der Waals surface area contributed by atoms with E-state index in [1.165, 1.54) is 49.6 Å². The van der Waals surface area contributed by atoms with Gasteiger partial charge in [0.15, 0.2) is 5.69 Å². The van der Waals surface area contributed by atoms with Crippen LogP contribution in [-0.2, 0) is 10.9 Å². The number of esters is 1. The molecule has 0 radical (unpaired) electrons. The fourth-order valence-electron chi connectivity index (χ4n) is 2.83. The number of nitrogens with zero attached hydrogens (tertiary/aromatic N) is 2. The molecule has 0 fully saturated rings. The molecule has 0 bridgehead atoms. The molecule has 1 aromatic heterocycles. The van der Waals surface area contributed by atoms with E-state index in [0.29, 0.717) is 10.2 Å². The summed E-state index contributed by atoms with van der Waals surface area (Å²) in [6, 6.07) is 9.96. The Morgan fingerprint density at radius 2 is 1.90 bits per heavy atom. The van der Waals surface area contributed by atoms with Crippen molar-refractivity contribution in [1.29, 1.82) is 0 Å². The van der Waals surface area contributed by atoms with Crippen LogP contribution in [0.15, 0.2) is 48.7 Å². The lowest BCUT2D eigenvalue weighted by Crippen LogP contribution is -2.21. The summed E-state index contributed by atoms with van der Waals surface area (Å²) < 4.78 is 46.5. The first-order chi connectivity index (χ1) is 14.1. The molecule has 6 nitrogen and oxygen atoms in total. The van der Waals surface area contributed by atoms with Gasteiger partial charge in [0.25, 0.3) is 5.91 Å². The van der Waals surface area contributed by atoms with Crippen molar-refractivity contribution in [1.82, 2.24) is 9.78 Å². The zero-order valence-corrected chi connectivity index (χ0v) is 16.5. The Hall–Kier alpha value is -3.33. The highest BCUT2D eigenvalue weighted by Crippen LogP contribution is 2.34. The minimum Gasteiger partial charge on any atom is -0.465 e. The molecule has 0 unspecified atom stereocenters. The van der Waals surface area contributed by atoms with Crippen molar-refractivity contribution < 1.29 is 27.5 Å². The van der Waals surface area contributed by atoms with Crippen LogP contribution in [0.2, 0.25) is 5.02 Å². The second-order valence-electron chi connectivity index (χ2n) is 6.27. The van der Waals surface area contributed by atoms with E-state index in [-0.39, 0.29) is 22.0 Å². The molecule has 0 saturated carbocycles. The van der Waals surface area contributed by atoms with Gasteiger partial charge in [-0.25, -0.2) is 9.48 Å². The second kappa shape index (κ2) is 8.19. The third-order valence-corrected chi connectivity index (χ3v) is 4.47. The van der Waals surface area contributed by atoms with Gasteiger partial charge in [-0.2, -0.15) is 18.3 Å². The molecular formula is C20H15ClF3N3O3. The number of anilines is 1. The number of methoxy groups -OCH3 is 1. The van der Waals surface area contributed by atoms with Gasteiger partial charge in [0, 0.05) is 10.7 Å². The smallest absolute Gasteiger partial charge is 0.434 e. The summed E-state index contributed by atoms with van der Waals surface area (Å²) in [6.45, 7) is 1.60. The van der Waals surface area contributed by atoms with Crippen molar-refractivity contribution in [2.75, 3.05) is 12.4 Å². The summed E-state index contributed by atoms with van der Waals surface area (Å²) in [6.07, 6.45) is -4.01. The van der Waals surface area contributed by atoms with E-state index in [2.05, 4.69) is 15.2 Å². The van der Waals surface area contributed by atoms with Crippen LogP contribution < -0.4 is 5.32 Å². The van der Waals surface area contributed by atoms with E-state index < -0.39 is 29.3 Å². The molecule has 3 rings (SSSR count). The van der Waals surface area contributed by atoms with Gasteiger partial charge in [0.05, 0.1) is 30.1 Å². The van der Waals surface area contributed by atoms with E-state index >= 15 is 0 Å². The van der Waals surface area contributed by atoms with E-state index in [0.717, 1.165) is 6.20 Å². The first-order valence-electron chi connectivity index (χ1n) is 8.53. The quantitative estimate of drug-likeness (QED) is 0.590. The molecule has 1 heterocycles. The first-order valence-corrected chi connectivity index (χ1v) is 8.91. The monoisotopic (exact) mass is 437 g/mol. The average Bonchev–Trinajstić information content (AvgIpc) is 3.15. The van der Waals surface area contributed by atoms with Gasteiger partial charge in [-0.05, 0) is 48.9 Å². The number of rotatable bonds is 4. The molecule has 30 heavy (non-hydrogen) atoms. The number of ether oxygens (including phenoxy) is 1. The Morgan fingerprint density at radius 3 is 2.50 bits per heavy atom. The van der Waals surface area contributed by atoms with E-state index in [1.807, 2.05) is 0 Å². The van der Waals surface area contributed by atoms with Gasteiger partial charge in [0.1, 0.15) is 0 Å². The van der Waals surface area contributed by atoms with Crippen molar-refractivity contribution >= 4 is 29.2 Å². The Bertz CT molecular complexity index is 1130. The maximum absolute atomic E-state index is 13.8. The fraction of sp³-hybridized carbons (Fsp3) is 0.150. The predicted octanol–water partition coefficient (Wildman–Crippen LogP) is 4.89. The molecule has 3 aromatic rings. The first kappa shape index (κ1) is 21.4. The van der Waals surface area contributed by atoms with E-state index in [4.69, 9.17) is 11.6 Å². The Morgan fingerprint density at radius 1 is 1.17 bits per heavy atom. The normalized spacial score (nSPS) is 11.3.